The van der Waals surface area contributed by atoms with E-state index in [1.165, 1.54) is 38.5 Å². The average Bonchev–Trinajstić information content (AvgIpc) is 2.54. The van der Waals surface area contributed by atoms with E-state index >= 15 is 0 Å². The van der Waals surface area contributed by atoms with Crippen LogP contribution in [0.4, 0.5) is 0 Å². The molecule has 0 nitrogen and oxygen atoms in total. The fourth-order valence-electron chi connectivity index (χ4n) is 4.19. The second-order valence-corrected chi connectivity index (χ2v) is 6.07. The van der Waals surface area contributed by atoms with E-state index in [9.17, 15) is 0 Å². The van der Waals surface area contributed by atoms with Gasteiger partial charge < -0.3 is 0 Å². The summed E-state index contributed by atoms with van der Waals surface area (Å²) in [5, 5.41) is 0. The van der Waals surface area contributed by atoms with Crippen LogP contribution in [-0.4, -0.2) is 0 Å². The van der Waals surface area contributed by atoms with E-state index in [1.807, 2.05) is 0 Å². The molecule has 2 fully saturated rings. The monoisotopic (exact) mass is 194 g/mol. The molecule has 2 rings (SSSR count). The fourth-order valence-corrected chi connectivity index (χ4v) is 4.19. The predicted octanol–water partition coefficient (Wildman–Crippen LogP) is 4.49. The van der Waals surface area contributed by atoms with E-state index in [1.54, 1.807) is 0 Å². The summed E-state index contributed by atoms with van der Waals surface area (Å²) in [4.78, 5) is 0. The number of hydrogen-bond donors (Lipinski definition) is 0. The maximum absolute atomic E-state index is 2.51. The quantitative estimate of drug-likeness (QED) is 0.577. The van der Waals surface area contributed by atoms with E-state index < -0.39 is 0 Å². The van der Waals surface area contributed by atoms with Gasteiger partial charge in [-0.2, -0.15) is 0 Å². The smallest absolute Gasteiger partial charge is 0.0352 e. The summed E-state index contributed by atoms with van der Waals surface area (Å²) in [7, 11) is 0. The SMILES string of the molecule is CC(C)C1CCCC(C)C2CCCC12. The van der Waals surface area contributed by atoms with Crippen molar-refractivity contribution in [1.82, 2.24) is 0 Å². The zero-order valence-electron chi connectivity index (χ0n) is 10.1. The van der Waals surface area contributed by atoms with E-state index in [4.69, 9.17) is 0 Å². The van der Waals surface area contributed by atoms with Crippen molar-refractivity contribution >= 4 is 0 Å². The molecule has 0 heteroatoms. The maximum atomic E-state index is 2.51. The van der Waals surface area contributed by atoms with Crippen LogP contribution in [0.15, 0.2) is 0 Å². The molecule has 0 aliphatic heterocycles. The third-order valence-corrected chi connectivity index (χ3v) is 4.96. The Kier molecular flexibility index (Phi) is 3.19. The first-order chi connectivity index (χ1) is 6.70. The highest BCUT2D eigenvalue weighted by atomic mass is 14.4. The fraction of sp³-hybridized carbons (Fsp3) is 1.00. The van der Waals surface area contributed by atoms with Crippen LogP contribution in [0.25, 0.3) is 0 Å². The Bertz CT molecular complexity index is 182. The molecule has 0 radical (unpaired) electrons. The van der Waals surface area contributed by atoms with Crippen LogP contribution in [-0.2, 0) is 0 Å². The summed E-state index contributed by atoms with van der Waals surface area (Å²) in [6.07, 6.45) is 9.11. The van der Waals surface area contributed by atoms with Crippen molar-refractivity contribution in [2.45, 2.75) is 59.3 Å². The van der Waals surface area contributed by atoms with Gasteiger partial charge in [0.1, 0.15) is 0 Å². The summed E-state index contributed by atoms with van der Waals surface area (Å²) in [5.41, 5.74) is 0. The molecule has 14 heavy (non-hydrogen) atoms. The van der Waals surface area contributed by atoms with E-state index in [2.05, 4.69) is 20.8 Å². The second-order valence-electron chi connectivity index (χ2n) is 6.07. The minimum atomic E-state index is 0.922. The van der Waals surface area contributed by atoms with Gasteiger partial charge in [-0.1, -0.05) is 40.0 Å². The van der Waals surface area contributed by atoms with Crippen LogP contribution in [0.2, 0.25) is 0 Å². The highest BCUT2D eigenvalue weighted by Crippen LogP contribution is 2.48. The summed E-state index contributed by atoms with van der Waals surface area (Å²) in [6.45, 7) is 7.39. The van der Waals surface area contributed by atoms with Crippen LogP contribution < -0.4 is 0 Å². The molecule has 0 saturated heterocycles. The van der Waals surface area contributed by atoms with Gasteiger partial charge in [0.25, 0.3) is 0 Å². The molecule has 4 atom stereocenters. The van der Waals surface area contributed by atoms with Crippen molar-refractivity contribution in [3.63, 3.8) is 0 Å². The zero-order valence-corrected chi connectivity index (χ0v) is 10.1. The standard InChI is InChI=1S/C14H26/c1-10(2)12-7-4-6-11(3)13-8-5-9-14(12)13/h10-14H,4-9H2,1-3H3. The van der Waals surface area contributed by atoms with Gasteiger partial charge >= 0.3 is 0 Å². The van der Waals surface area contributed by atoms with Gasteiger partial charge in [0.05, 0.1) is 0 Å². The Hall–Kier alpha value is 0. The van der Waals surface area contributed by atoms with E-state index in [0.717, 1.165) is 29.6 Å². The Morgan fingerprint density at radius 1 is 0.857 bits per heavy atom. The largest absolute Gasteiger partial charge is 0.0625 e. The molecule has 2 aliphatic carbocycles. The van der Waals surface area contributed by atoms with Crippen LogP contribution in [0.5, 0.6) is 0 Å². The molecule has 0 bridgehead atoms. The van der Waals surface area contributed by atoms with Gasteiger partial charge in [-0.15, -0.1) is 0 Å². The predicted molar refractivity (Wildman–Crippen MR) is 62.2 cm³/mol. The lowest BCUT2D eigenvalue weighted by Gasteiger charge is -2.31. The molecule has 0 aromatic carbocycles. The van der Waals surface area contributed by atoms with Gasteiger partial charge in [0.15, 0.2) is 0 Å². The van der Waals surface area contributed by atoms with Crippen molar-refractivity contribution in [1.29, 1.82) is 0 Å². The third-order valence-electron chi connectivity index (χ3n) is 4.96. The molecule has 2 aliphatic rings. The first-order valence-electron chi connectivity index (χ1n) is 6.70. The van der Waals surface area contributed by atoms with E-state index in [0.29, 0.717) is 0 Å². The highest BCUT2D eigenvalue weighted by molar-refractivity contribution is 4.89. The molecular weight excluding hydrogens is 168 g/mol. The van der Waals surface area contributed by atoms with Crippen LogP contribution in [0, 0.1) is 29.6 Å². The third kappa shape index (κ3) is 1.85. The maximum Gasteiger partial charge on any atom is -0.0352 e. The molecule has 2 saturated carbocycles. The molecule has 82 valence electrons. The first kappa shape index (κ1) is 10.5. The molecule has 0 N–H and O–H groups in total. The summed E-state index contributed by atoms with van der Waals surface area (Å²) in [6, 6.07) is 0. The molecule has 0 amide bonds. The van der Waals surface area contributed by atoms with Crippen LogP contribution in [0.1, 0.15) is 59.3 Å². The van der Waals surface area contributed by atoms with Gasteiger partial charge in [-0.05, 0) is 48.9 Å². The lowest BCUT2D eigenvalue weighted by Crippen LogP contribution is -2.24. The van der Waals surface area contributed by atoms with Crippen LogP contribution in [0.3, 0.4) is 0 Å². The summed E-state index contributed by atoms with van der Waals surface area (Å²) in [5.74, 6) is 5.17. The minimum Gasteiger partial charge on any atom is -0.0625 e. The normalized spacial score (nSPS) is 43.7. The Morgan fingerprint density at radius 2 is 1.50 bits per heavy atom. The molecular formula is C14H26. The summed E-state index contributed by atoms with van der Waals surface area (Å²) < 4.78 is 0. The molecule has 0 aromatic heterocycles. The van der Waals surface area contributed by atoms with Crippen LogP contribution >= 0.6 is 0 Å². The minimum absolute atomic E-state index is 0.922. The lowest BCUT2D eigenvalue weighted by atomic mass is 9.74. The Balaban J connectivity index is 2.12. The molecule has 0 spiro atoms. The second kappa shape index (κ2) is 4.24. The first-order valence-corrected chi connectivity index (χ1v) is 6.70. The number of hydrogen-bond acceptors (Lipinski definition) is 0. The van der Waals surface area contributed by atoms with Gasteiger partial charge in [-0.25, -0.2) is 0 Å². The van der Waals surface area contributed by atoms with E-state index in [-0.39, 0.29) is 0 Å². The highest BCUT2D eigenvalue weighted by Gasteiger charge is 2.39. The Labute approximate surface area is 89.5 Å². The zero-order chi connectivity index (χ0) is 10.1. The number of rotatable bonds is 1. The van der Waals surface area contributed by atoms with Crippen molar-refractivity contribution in [2.24, 2.45) is 29.6 Å². The summed E-state index contributed by atoms with van der Waals surface area (Å²) >= 11 is 0. The Morgan fingerprint density at radius 3 is 2.21 bits per heavy atom. The molecule has 4 unspecified atom stereocenters. The van der Waals surface area contributed by atoms with Gasteiger partial charge in [0, 0.05) is 0 Å². The van der Waals surface area contributed by atoms with Crippen molar-refractivity contribution in [2.75, 3.05) is 0 Å². The topological polar surface area (TPSA) is 0 Å². The lowest BCUT2D eigenvalue weighted by molar-refractivity contribution is 0.181. The average molecular weight is 194 g/mol. The molecule has 0 aromatic rings. The van der Waals surface area contributed by atoms with Crippen molar-refractivity contribution in [3.05, 3.63) is 0 Å². The van der Waals surface area contributed by atoms with Gasteiger partial charge in [0.2, 0.25) is 0 Å². The van der Waals surface area contributed by atoms with Crippen molar-refractivity contribution in [3.8, 4) is 0 Å². The van der Waals surface area contributed by atoms with Gasteiger partial charge in [-0.3, -0.25) is 0 Å². The molecule has 0 heterocycles. The van der Waals surface area contributed by atoms with Crippen molar-refractivity contribution < 1.29 is 0 Å². The number of fused-ring (bicyclic) bond motifs is 1.